The highest BCUT2D eigenvalue weighted by Gasteiger charge is 2.49. The SMILES string of the molecule is CC1(C)C=C2C(=CC1)C(c1ccc(N)cc1)(c1ccc(N)cc1)c1ccccc12. The molecule has 0 bridgehead atoms. The molecule has 0 saturated heterocycles. The van der Waals surface area contributed by atoms with Gasteiger partial charge in [0.05, 0.1) is 5.41 Å². The molecule has 0 heterocycles. The molecule has 29 heavy (non-hydrogen) atoms. The molecule has 0 unspecified atom stereocenters. The predicted molar refractivity (Wildman–Crippen MR) is 122 cm³/mol. The summed E-state index contributed by atoms with van der Waals surface area (Å²) in [6.45, 7) is 4.62. The van der Waals surface area contributed by atoms with E-state index in [2.05, 4.69) is 74.5 Å². The number of anilines is 2. The zero-order chi connectivity index (χ0) is 20.2. The van der Waals surface area contributed by atoms with E-state index in [1.165, 1.54) is 33.4 Å². The van der Waals surface area contributed by atoms with Crippen molar-refractivity contribution in [3.8, 4) is 0 Å². The summed E-state index contributed by atoms with van der Waals surface area (Å²) in [5.74, 6) is 0. The Bertz CT molecular complexity index is 1100. The standard InChI is InChI=1S/C27H26N2/c1-26(2)16-15-25-23(17-26)22-5-3-4-6-24(22)27(25,18-7-11-20(28)12-8-18)19-9-13-21(29)14-10-19/h3-15,17H,16,28-29H2,1-2H3. The molecule has 0 saturated carbocycles. The lowest BCUT2D eigenvalue weighted by atomic mass is 9.65. The zero-order valence-corrected chi connectivity index (χ0v) is 16.9. The number of fused-ring (bicyclic) bond motifs is 3. The van der Waals surface area contributed by atoms with Crippen LogP contribution in [0, 0.1) is 5.41 Å². The number of nitrogens with two attached hydrogens (primary N) is 2. The van der Waals surface area contributed by atoms with Gasteiger partial charge in [0.2, 0.25) is 0 Å². The summed E-state index contributed by atoms with van der Waals surface area (Å²) >= 11 is 0. The molecule has 2 heteroatoms. The molecule has 0 fully saturated rings. The summed E-state index contributed by atoms with van der Waals surface area (Å²) in [6.07, 6.45) is 5.92. The van der Waals surface area contributed by atoms with Gasteiger partial charge in [0.1, 0.15) is 0 Å². The molecule has 0 aromatic heterocycles. The zero-order valence-electron chi connectivity index (χ0n) is 16.9. The van der Waals surface area contributed by atoms with Crippen LogP contribution >= 0.6 is 0 Å². The minimum atomic E-state index is -0.361. The van der Waals surface area contributed by atoms with Crippen LogP contribution in [0.3, 0.4) is 0 Å². The van der Waals surface area contributed by atoms with Gasteiger partial charge in [0, 0.05) is 11.4 Å². The van der Waals surface area contributed by atoms with Crippen molar-refractivity contribution in [2.75, 3.05) is 11.5 Å². The summed E-state index contributed by atoms with van der Waals surface area (Å²) in [6, 6.07) is 25.5. The maximum absolute atomic E-state index is 6.05. The number of hydrogen-bond acceptors (Lipinski definition) is 2. The smallest absolute Gasteiger partial charge is 0.0710 e. The third-order valence-electron chi connectivity index (χ3n) is 6.37. The molecule has 144 valence electrons. The Labute approximate surface area is 172 Å². The molecule has 0 aliphatic heterocycles. The number of hydrogen-bond donors (Lipinski definition) is 2. The molecule has 4 N–H and O–H groups in total. The molecule has 0 amide bonds. The van der Waals surface area contributed by atoms with Crippen LogP contribution < -0.4 is 11.5 Å². The van der Waals surface area contributed by atoms with E-state index in [9.17, 15) is 0 Å². The first kappa shape index (κ1) is 17.8. The summed E-state index contributed by atoms with van der Waals surface area (Å²) < 4.78 is 0. The first-order valence-electron chi connectivity index (χ1n) is 10.2. The topological polar surface area (TPSA) is 52.0 Å². The van der Waals surface area contributed by atoms with Crippen molar-refractivity contribution in [2.45, 2.75) is 25.7 Å². The van der Waals surface area contributed by atoms with Crippen LogP contribution in [0.1, 0.15) is 42.5 Å². The molecule has 0 spiro atoms. The highest BCUT2D eigenvalue weighted by atomic mass is 14.6. The molecular formula is C27H26N2. The quantitative estimate of drug-likeness (QED) is 0.542. The molecule has 2 aliphatic rings. The van der Waals surface area contributed by atoms with Crippen molar-refractivity contribution in [2.24, 2.45) is 5.41 Å². The van der Waals surface area contributed by atoms with Gasteiger partial charge in [-0.2, -0.15) is 0 Å². The van der Waals surface area contributed by atoms with Crippen LogP contribution in [0.25, 0.3) is 5.57 Å². The number of allylic oxidation sites excluding steroid dienone is 4. The molecule has 0 radical (unpaired) electrons. The van der Waals surface area contributed by atoms with Crippen molar-refractivity contribution in [1.29, 1.82) is 0 Å². The highest BCUT2D eigenvalue weighted by Crippen LogP contribution is 2.59. The number of benzene rings is 3. The Morgan fingerprint density at radius 2 is 1.28 bits per heavy atom. The van der Waals surface area contributed by atoms with Gasteiger partial charge in [0.15, 0.2) is 0 Å². The van der Waals surface area contributed by atoms with Crippen molar-refractivity contribution < 1.29 is 0 Å². The maximum atomic E-state index is 6.05. The Balaban J connectivity index is 1.90. The fraction of sp³-hybridized carbons (Fsp3) is 0.185. The summed E-state index contributed by atoms with van der Waals surface area (Å²) in [5, 5.41) is 0. The lowest BCUT2D eigenvalue weighted by Crippen LogP contribution is -2.30. The van der Waals surface area contributed by atoms with Crippen LogP contribution in [-0.2, 0) is 5.41 Å². The van der Waals surface area contributed by atoms with Crippen molar-refractivity contribution in [3.05, 3.63) is 113 Å². The number of rotatable bonds is 2. The minimum absolute atomic E-state index is 0.143. The van der Waals surface area contributed by atoms with Gasteiger partial charge in [-0.1, -0.05) is 74.5 Å². The highest BCUT2D eigenvalue weighted by molar-refractivity contribution is 5.95. The second kappa shape index (κ2) is 6.12. The normalized spacial score (nSPS) is 18.4. The molecular weight excluding hydrogens is 352 g/mol. The van der Waals surface area contributed by atoms with E-state index >= 15 is 0 Å². The Morgan fingerprint density at radius 1 is 0.724 bits per heavy atom. The Hall–Kier alpha value is -3.26. The third kappa shape index (κ3) is 2.56. The van der Waals surface area contributed by atoms with E-state index < -0.39 is 0 Å². The van der Waals surface area contributed by atoms with Crippen LogP contribution in [0.4, 0.5) is 11.4 Å². The van der Waals surface area contributed by atoms with Gasteiger partial charge < -0.3 is 11.5 Å². The summed E-state index contributed by atoms with van der Waals surface area (Å²) in [4.78, 5) is 0. The molecule has 2 aliphatic carbocycles. The molecule has 5 rings (SSSR count). The number of nitrogen functional groups attached to an aromatic ring is 2. The minimum Gasteiger partial charge on any atom is -0.399 e. The molecule has 2 nitrogen and oxygen atoms in total. The van der Waals surface area contributed by atoms with Crippen LogP contribution in [0.2, 0.25) is 0 Å². The fourth-order valence-electron chi connectivity index (χ4n) is 5.03. The molecule has 0 atom stereocenters. The van der Waals surface area contributed by atoms with Crippen LogP contribution in [-0.4, -0.2) is 0 Å². The maximum Gasteiger partial charge on any atom is 0.0710 e. The van der Waals surface area contributed by atoms with Gasteiger partial charge in [-0.3, -0.25) is 0 Å². The lowest BCUT2D eigenvalue weighted by molar-refractivity contribution is 0.482. The second-order valence-electron chi connectivity index (χ2n) is 8.91. The summed E-state index contributed by atoms with van der Waals surface area (Å²) in [7, 11) is 0. The first-order chi connectivity index (χ1) is 13.9. The molecule has 3 aromatic rings. The van der Waals surface area contributed by atoms with Crippen molar-refractivity contribution >= 4 is 16.9 Å². The predicted octanol–water partition coefficient (Wildman–Crippen LogP) is 5.94. The van der Waals surface area contributed by atoms with Gasteiger partial charge in [-0.25, -0.2) is 0 Å². The Morgan fingerprint density at radius 3 is 1.86 bits per heavy atom. The average Bonchev–Trinajstić information content (AvgIpc) is 2.99. The van der Waals surface area contributed by atoms with Crippen molar-refractivity contribution in [1.82, 2.24) is 0 Å². The first-order valence-corrected chi connectivity index (χ1v) is 10.2. The van der Waals surface area contributed by atoms with E-state index in [4.69, 9.17) is 11.5 Å². The second-order valence-corrected chi connectivity index (χ2v) is 8.91. The van der Waals surface area contributed by atoms with Gasteiger partial charge in [-0.05, 0) is 69.5 Å². The largest absolute Gasteiger partial charge is 0.399 e. The Kier molecular flexibility index (Phi) is 3.76. The van der Waals surface area contributed by atoms with E-state index in [0.29, 0.717) is 0 Å². The van der Waals surface area contributed by atoms with Gasteiger partial charge in [0.25, 0.3) is 0 Å². The van der Waals surface area contributed by atoms with E-state index in [1.807, 2.05) is 24.3 Å². The van der Waals surface area contributed by atoms with Crippen molar-refractivity contribution in [3.63, 3.8) is 0 Å². The van der Waals surface area contributed by atoms with Crippen LogP contribution in [0.5, 0.6) is 0 Å². The van der Waals surface area contributed by atoms with Gasteiger partial charge in [-0.15, -0.1) is 0 Å². The summed E-state index contributed by atoms with van der Waals surface area (Å²) in [5.41, 5.74) is 21.3. The van der Waals surface area contributed by atoms with E-state index in [0.717, 1.165) is 17.8 Å². The van der Waals surface area contributed by atoms with Crippen LogP contribution in [0.15, 0.2) is 90.5 Å². The molecule has 3 aromatic carbocycles. The van der Waals surface area contributed by atoms with E-state index in [-0.39, 0.29) is 10.8 Å². The van der Waals surface area contributed by atoms with Gasteiger partial charge >= 0.3 is 0 Å². The average molecular weight is 379 g/mol. The third-order valence-corrected chi connectivity index (χ3v) is 6.37. The van der Waals surface area contributed by atoms with E-state index in [1.54, 1.807) is 0 Å². The monoisotopic (exact) mass is 378 g/mol. The fourth-order valence-corrected chi connectivity index (χ4v) is 5.03. The lowest BCUT2D eigenvalue weighted by Gasteiger charge is -2.36.